The lowest BCUT2D eigenvalue weighted by Gasteiger charge is -2.41. The van der Waals surface area contributed by atoms with Gasteiger partial charge < -0.3 is 10.6 Å². The summed E-state index contributed by atoms with van der Waals surface area (Å²) in [7, 11) is 0. The maximum atomic E-state index is 14.2. The Morgan fingerprint density at radius 2 is 1.86 bits per heavy atom. The van der Waals surface area contributed by atoms with E-state index in [4.69, 9.17) is 5.73 Å². The average molecular weight is 438 g/mol. The standard InChI is InChI=1S/C20H29F2N3O.2ClH/c1-2-19(17-7-6-15(21)13-18(17)22)24-8-10-25(11-9-24)20(26)14-4-3-5-16(23)12-14;;/h6-7,13-14,16,19H,2-5,8-12,23H2,1H3;2*1H. The van der Waals surface area contributed by atoms with Crippen LogP contribution in [0.15, 0.2) is 18.2 Å². The number of halogens is 4. The summed E-state index contributed by atoms with van der Waals surface area (Å²) in [6.45, 7) is 4.74. The lowest BCUT2D eigenvalue weighted by atomic mass is 9.85. The Bertz CT molecular complexity index is 642. The van der Waals surface area contributed by atoms with Gasteiger partial charge in [0.05, 0.1) is 0 Å². The zero-order valence-electron chi connectivity index (χ0n) is 16.3. The molecule has 1 amide bonds. The largest absolute Gasteiger partial charge is 0.340 e. The van der Waals surface area contributed by atoms with Crippen molar-refractivity contribution in [3.63, 3.8) is 0 Å². The highest BCUT2D eigenvalue weighted by atomic mass is 35.5. The Balaban J connectivity index is 0.00000196. The van der Waals surface area contributed by atoms with Crippen LogP contribution in [-0.2, 0) is 4.79 Å². The van der Waals surface area contributed by atoms with Crippen LogP contribution in [0.5, 0.6) is 0 Å². The summed E-state index contributed by atoms with van der Waals surface area (Å²) in [6.07, 6.45) is 4.51. The first kappa shape index (κ1) is 25.1. The molecule has 1 saturated heterocycles. The number of carbonyl (C=O) groups excluding carboxylic acids is 1. The molecule has 1 aromatic rings. The number of nitrogens with zero attached hydrogens (tertiary/aromatic N) is 2. The van der Waals surface area contributed by atoms with E-state index in [1.54, 1.807) is 6.07 Å². The van der Waals surface area contributed by atoms with Crippen molar-refractivity contribution in [1.29, 1.82) is 0 Å². The van der Waals surface area contributed by atoms with Gasteiger partial charge in [-0.15, -0.1) is 24.8 Å². The van der Waals surface area contributed by atoms with Gasteiger partial charge in [-0.2, -0.15) is 0 Å². The maximum Gasteiger partial charge on any atom is 0.225 e. The van der Waals surface area contributed by atoms with Gasteiger partial charge in [-0.1, -0.05) is 19.4 Å². The second-order valence-electron chi connectivity index (χ2n) is 7.57. The SMILES string of the molecule is CCC(c1ccc(F)cc1F)N1CCN(C(=O)C2CCCC(N)C2)CC1.Cl.Cl. The third-order valence-corrected chi connectivity index (χ3v) is 5.84. The molecule has 0 bridgehead atoms. The van der Waals surface area contributed by atoms with Gasteiger partial charge in [-0.3, -0.25) is 9.69 Å². The molecule has 3 rings (SSSR count). The van der Waals surface area contributed by atoms with Gasteiger partial charge in [0.2, 0.25) is 5.91 Å². The van der Waals surface area contributed by atoms with E-state index in [1.165, 1.54) is 6.07 Å². The molecular weight excluding hydrogens is 407 g/mol. The number of hydrogen-bond acceptors (Lipinski definition) is 3. The second kappa shape index (κ2) is 11.3. The quantitative estimate of drug-likeness (QED) is 0.776. The summed E-state index contributed by atoms with van der Waals surface area (Å²) in [5.74, 6) is -0.767. The van der Waals surface area contributed by atoms with E-state index in [1.807, 2.05) is 11.8 Å². The normalized spacial score (nSPS) is 24.1. The number of piperazine rings is 1. The van der Waals surface area contributed by atoms with Crippen LogP contribution in [0.1, 0.15) is 50.6 Å². The highest BCUT2D eigenvalue weighted by Crippen LogP contribution is 2.29. The minimum atomic E-state index is -0.554. The molecule has 1 aromatic carbocycles. The molecule has 0 spiro atoms. The van der Waals surface area contributed by atoms with Crippen LogP contribution in [0.25, 0.3) is 0 Å². The lowest BCUT2D eigenvalue weighted by Crippen LogP contribution is -2.52. The average Bonchev–Trinajstić information content (AvgIpc) is 2.64. The van der Waals surface area contributed by atoms with Crippen LogP contribution in [0, 0.1) is 17.6 Å². The fraction of sp³-hybridized carbons (Fsp3) is 0.650. The van der Waals surface area contributed by atoms with Crippen molar-refractivity contribution in [1.82, 2.24) is 9.80 Å². The van der Waals surface area contributed by atoms with E-state index in [9.17, 15) is 13.6 Å². The first-order valence-corrected chi connectivity index (χ1v) is 9.73. The smallest absolute Gasteiger partial charge is 0.225 e. The number of benzene rings is 1. The first-order chi connectivity index (χ1) is 12.5. The zero-order valence-corrected chi connectivity index (χ0v) is 17.9. The van der Waals surface area contributed by atoms with Gasteiger partial charge in [-0.05, 0) is 31.7 Å². The number of hydrogen-bond donors (Lipinski definition) is 1. The molecule has 4 nitrogen and oxygen atoms in total. The van der Waals surface area contributed by atoms with E-state index in [0.717, 1.165) is 38.2 Å². The fourth-order valence-corrected chi connectivity index (χ4v) is 4.41. The topological polar surface area (TPSA) is 49.6 Å². The van der Waals surface area contributed by atoms with Crippen molar-refractivity contribution in [2.45, 2.75) is 51.1 Å². The van der Waals surface area contributed by atoms with Crippen LogP contribution >= 0.6 is 24.8 Å². The summed E-state index contributed by atoms with van der Waals surface area (Å²) in [4.78, 5) is 16.9. The van der Waals surface area contributed by atoms with Crippen molar-refractivity contribution in [3.05, 3.63) is 35.4 Å². The van der Waals surface area contributed by atoms with E-state index in [2.05, 4.69) is 4.90 Å². The van der Waals surface area contributed by atoms with Gasteiger partial charge in [0.15, 0.2) is 0 Å². The highest BCUT2D eigenvalue weighted by Gasteiger charge is 2.32. The molecule has 28 heavy (non-hydrogen) atoms. The summed E-state index contributed by atoms with van der Waals surface area (Å²) in [5, 5.41) is 0. The Morgan fingerprint density at radius 1 is 1.18 bits per heavy atom. The molecule has 160 valence electrons. The maximum absolute atomic E-state index is 14.2. The van der Waals surface area contributed by atoms with E-state index >= 15 is 0 Å². The van der Waals surface area contributed by atoms with Crippen LogP contribution < -0.4 is 5.73 Å². The highest BCUT2D eigenvalue weighted by molar-refractivity contribution is 5.85. The Kier molecular flexibility index (Phi) is 10.1. The summed E-state index contributed by atoms with van der Waals surface area (Å²) < 4.78 is 27.4. The molecule has 0 aromatic heterocycles. The predicted octanol–water partition coefficient (Wildman–Crippen LogP) is 3.92. The molecule has 1 aliphatic heterocycles. The second-order valence-corrected chi connectivity index (χ2v) is 7.57. The van der Waals surface area contributed by atoms with Crippen molar-refractivity contribution < 1.29 is 13.6 Å². The number of rotatable bonds is 4. The van der Waals surface area contributed by atoms with Crippen LogP contribution in [0.4, 0.5) is 8.78 Å². The summed E-state index contributed by atoms with van der Waals surface area (Å²) >= 11 is 0. The number of amides is 1. The molecule has 1 saturated carbocycles. The molecular formula is C20H31Cl2F2N3O. The molecule has 1 heterocycles. The third-order valence-electron chi connectivity index (χ3n) is 5.84. The Labute approximate surface area is 178 Å². The number of nitrogens with two attached hydrogens (primary N) is 1. The van der Waals surface area contributed by atoms with Crippen molar-refractivity contribution in [3.8, 4) is 0 Å². The van der Waals surface area contributed by atoms with Gasteiger partial charge in [0.25, 0.3) is 0 Å². The lowest BCUT2D eigenvalue weighted by molar-refractivity contribution is -0.138. The fourth-order valence-electron chi connectivity index (χ4n) is 4.41. The minimum Gasteiger partial charge on any atom is -0.340 e. The van der Waals surface area contributed by atoms with Crippen molar-refractivity contribution in [2.24, 2.45) is 11.7 Å². The van der Waals surface area contributed by atoms with E-state index < -0.39 is 11.6 Å². The molecule has 1 aliphatic carbocycles. The van der Waals surface area contributed by atoms with Crippen molar-refractivity contribution >= 4 is 30.7 Å². The monoisotopic (exact) mass is 437 g/mol. The summed E-state index contributed by atoms with van der Waals surface area (Å²) in [5.41, 5.74) is 6.55. The first-order valence-electron chi connectivity index (χ1n) is 9.73. The van der Waals surface area contributed by atoms with Gasteiger partial charge in [0, 0.05) is 55.8 Å². The molecule has 8 heteroatoms. The predicted molar refractivity (Wildman–Crippen MR) is 112 cm³/mol. The molecule has 0 radical (unpaired) electrons. The van der Waals surface area contributed by atoms with Gasteiger partial charge >= 0.3 is 0 Å². The van der Waals surface area contributed by atoms with Crippen LogP contribution in [0.2, 0.25) is 0 Å². The Morgan fingerprint density at radius 3 is 2.43 bits per heavy atom. The molecule has 3 atom stereocenters. The molecule has 2 aliphatic rings. The van der Waals surface area contributed by atoms with Crippen molar-refractivity contribution in [2.75, 3.05) is 26.2 Å². The third kappa shape index (κ3) is 5.78. The molecule has 2 fully saturated rings. The Hall–Kier alpha value is -0.950. The zero-order chi connectivity index (χ0) is 18.7. The van der Waals surface area contributed by atoms with E-state index in [-0.39, 0.29) is 48.7 Å². The minimum absolute atomic E-state index is 0. The summed E-state index contributed by atoms with van der Waals surface area (Å²) in [6, 6.07) is 3.86. The van der Waals surface area contributed by atoms with Gasteiger partial charge in [0.1, 0.15) is 11.6 Å². The van der Waals surface area contributed by atoms with Crippen LogP contribution in [0.3, 0.4) is 0 Å². The number of carbonyl (C=O) groups is 1. The van der Waals surface area contributed by atoms with Gasteiger partial charge in [-0.25, -0.2) is 8.78 Å². The van der Waals surface area contributed by atoms with E-state index in [0.29, 0.717) is 31.7 Å². The molecule has 3 unspecified atom stereocenters. The van der Waals surface area contributed by atoms with Crippen LogP contribution in [-0.4, -0.2) is 47.9 Å². The molecule has 2 N–H and O–H groups in total.